The van der Waals surface area contributed by atoms with Crippen LogP contribution in [0.25, 0.3) is 11.1 Å². The van der Waals surface area contributed by atoms with Crippen LogP contribution >= 0.6 is 0 Å². The first-order chi connectivity index (χ1) is 12.5. The molecule has 0 aliphatic rings. The van der Waals surface area contributed by atoms with Crippen molar-refractivity contribution in [2.45, 2.75) is 0 Å². The van der Waals surface area contributed by atoms with Crippen LogP contribution in [-0.4, -0.2) is 31.4 Å². The first-order valence-corrected chi connectivity index (χ1v) is 7.75. The van der Waals surface area contributed by atoms with Gasteiger partial charge in [0.15, 0.2) is 5.70 Å². The molecule has 0 saturated carbocycles. The summed E-state index contributed by atoms with van der Waals surface area (Å²) in [6.07, 6.45) is 0. The summed E-state index contributed by atoms with van der Waals surface area (Å²) in [5.41, 5.74) is 9.07. The fraction of sp³-hybridized carbons (Fsp3) is 0.167. The minimum atomic E-state index is -1.31. The van der Waals surface area contributed by atoms with Crippen molar-refractivity contribution in [3.8, 4) is 22.6 Å². The van der Waals surface area contributed by atoms with E-state index in [4.69, 9.17) is 30.9 Å². The number of carboxylic acids is 1. The second kappa shape index (κ2) is 9.30. The predicted molar refractivity (Wildman–Crippen MR) is 96.0 cm³/mol. The Morgan fingerprint density at radius 1 is 1.08 bits per heavy atom. The van der Waals surface area contributed by atoms with Crippen LogP contribution in [0.2, 0.25) is 0 Å². The van der Waals surface area contributed by atoms with Gasteiger partial charge in [0.25, 0.3) is 0 Å². The van der Waals surface area contributed by atoms with Crippen molar-refractivity contribution in [2.75, 3.05) is 20.3 Å². The number of rotatable bonds is 9. The Morgan fingerprint density at radius 3 is 2.42 bits per heavy atom. The molecule has 0 aliphatic heterocycles. The van der Waals surface area contributed by atoms with E-state index in [0.717, 1.165) is 16.9 Å². The van der Waals surface area contributed by atoms with E-state index >= 15 is 0 Å². The van der Waals surface area contributed by atoms with Gasteiger partial charge in [0.1, 0.15) is 18.1 Å². The zero-order valence-corrected chi connectivity index (χ0v) is 14.3. The molecule has 138 valence electrons. The van der Waals surface area contributed by atoms with Gasteiger partial charge >= 0.3 is 5.97 Å². The normalized spacial score (nSPS) is 11.5. The molecule has 0 amide bonds. The number of methoxy groups -OCH3 is 1. The number of hydrogen-bond acceptors (Lipinski definition) is 7. The summed E-state index contributed by atoms with van der Waals surface area (Å²) in [5.74, 6) is 4.60. The molecule has 0 saturated heterocycles. The third-order valence-corrected chi connectivity index (χ3v) is 3.41. The zero-order valence-electron chi connectivity index (χ0n) is 14.3. The summed E-state index contributed by atoms with van der Waals surface area (Å²) in [6, 6.07) is 14.6. The number of hydrazine groups is 1. The number of ether oxygens (including phenoxy) is 3. The first-order valence-electron chi connectivity index (χ1n) is 7.75. The molecule has 0 fully saturated rings. The predicted octanol–water partition coefficient (Wildman–Crippen LogP) is 1.43. The third-order valence-electron chi connectivity index (χ3n) is 3.41. The van der Waals surface area contributed by atoms with Crippen LogP contribution in [0.4, 0.5) is 0 Å². The van der Waals surface area contributed by atoms with E-state index < -0.39 is 11.7 Å². The smallest absolute Gasteiger partial charge is 0.358 e. The lowest BCUT2D eigenvalue weighted by atomic mass is 10.1. The van der Waals surface area contributed by atoms with Gasteiger partial charge in [-0.25, -0.2) is 4.79 Å². The molecule has 6 N–H and O–H groups in total. The van der Waals surface area contributed by atoms with Crippen LogP contribution in [-0.2, 0) is 9.53 Å². The van der Waals surface area contributed by atoms with E-state index in [2.05, 4.69) is 0 Å². The van der Waals surface area contributed by atoms with Gasteiger partial charge in [-0.2, -0.15) is 0 Å². The number of hydrogen-bond donors (Lipinski definition) is 4. The minimum absolute atomic E-state index is 0.332. The molecule has 0 unspecified atom stereocenters. The van der Waals surface area contributed by atoms with E-state index in [9.17, 15) is 4.79 Å². The SMILES string of the molecule is COCCOc1cccc(-c2ccc(O/C(N)=C(/NN)C(=O)O)cc2)c1. The van der Waals surface area contributed by atoms with Crippen molar-refractivity contribution in [2.24, 2.45) is 11.6 Å². The van der Waals surface area contributed by atoms with Crippen molar-refractivity contribution in [3.63, 3.8) is 0 Å². The highest BCUT2D eigenvalue weighted by Gasteiger charge is 2.13. The molecule has 8 nitrogen and oxygen atoms in total. The minimum Gasteiger partial charge on any atom is -0.491 e. The second-order valence-electron chi connectivity index (χ2n) is 5.18. The van der Waals surface area contributed by atoms with Crippen LogP contribution < -0.4 is 26.5 Å². The van der Waals surface area contributed by atoms with Gasteiger partial charge in [-0.05, 0) is 35.4 Å². The number of nitrogens with one attached hydrogen (secondary N) is 1. The average molecular weight is 359 g/mol. The standard InChI is InChI=1S/C18H21N3O5/c1-24-9-10-25-15-4-2-3-13(11-15)12-5-7-14(8-6-12)26-17(19)16(21-20)18(22)23/h2-8,11,21H,9-10,19-20H2,1H3,(H,22,23)/b17-16+. The molecule has 0 heterocycles. The molecule has 26 heavy (non-hydrogen) atoms. The quantitative estimate of drug-likeness (QED) is 0.174. The van der Waals surface area contributed by atoms with Crippen LogP contribution in [0, 0.1) is 0 Å². The summed E-state index contributed by atoms with van der Waals surface area (Å²) in [6.45, 7) is 0.987. The van der Waals surface area contributed by atoms with Crippen molar-refractivity contribution in [3.05, 3.63) is 60.1 Å². The van der Waals surface area contributed by atoms with Gasteiger partial charge in [0, 0.05) is 7.11 Å². The molecule has 2 aromatic carbocycles. The Labute approximate surface area is 150 Å². The van der Waals surface area contributed by atoms with Crippen molar-refractivity contribution in [1.29, 1.82) is 0 Å². The maximum Gasteiger partial charge on any atom is 0.358 e. The Kier molecular flexibility index (Phi) is 6.84. The number of benzene rings is 2. The highest BCUT2D eigenvalue weighted by atomic mass is 16.5. The van der Waals surface area contributed by atoms with E-state index in [1.165, 1.54) is 0 Å². The van der Waals surface area contributed by atoms with Crippen LogP contribution in [0.5, 0.6) is 11.5 Å². The molecular formula is C18H21N3O5. The fourth-order valence-electron chi connectivity index (χ4n) is 2.14. The van der Waals surface area contributed by atoms with Gasteiger partial charge < -0.3 is 30.5 Å². The van der Waals surface area contributed by atoms with Gasteiger partial charge in [-0.3, -0.25) is 5.84 Å². The van der Waals surface area contributed by atoms with Crippen molar-refractivity contribution >= 4 is 5.97 Å². The number of nitrogens with two attached hydrogens (primary N) is 2. The van der Waals surface area contributed by atoms with E-state index in [0.29, 0.717) is 19.0 Å². The van der Waals surface area contributed by atoms with E-state index in [1.54, 1.807) is 19.2 Å². The molecule has 0 radical (unpaired) electrons. The highest BCUT2D eigenvalue weighted by molar-refractivity contribution is 5.86. The van der Waals surface area contributed by atoms with Gasteiger partial charge in [-0.1, -0.05) is 24.3 Å². The Morgan fingerprint density at radius 2 is 1.81 bits per heavy atom. The fourth-order valence-corrected chi connectivity index (χ4v) is 2.14. The van der Waals surface area contributed by atoms with Gasteiger partial charge in [-0.15, -0.1) is 0 Å². The van der Waals surface area contributed by atoms with Crippen LogP contribution in [0.15, 0.2) is 60.1 Å². The summed E-state index contributed by atoms with van der Waals surface area (Å²) >= 11 is 0. The molecular weight excluding hydrogens is 338 g/mol. The second-order valence-corrected chi connectivity index (χ2v) is 5.18. The maximum absolute atomic E-state index is 10.9. The lowest BCUT2D eigenvalue weighted by molar-refractivity contribution is -0.133. The summed E-state index contributed by atoms with van der Waals surface area (Å²) in [7, 11) is 1.62. The molecule has 2 aromatic rings. The first kappa shape index (κ1) is 19.1. The van der Waals surface area contributed by atoms with Crippen LogP contribution in [0.3, 0.4) is 0 Å². The molecule has 0 bridgehead atoms. The van der Waals surface area contributed by atoms with Gasteiger partial charge in [0.05, 0.1) is 6.61 Å². The Balaban J connectivity index is 2.12. The summed E-state index contributed by atoms with van der Waals surface area (Å²) in [4.78, 5) is 10.9. The number of carboxylic acid groups (broad SMARTS) is 1. The van der Waals surface area contributed by atoms with Gasteiger partial charge in [0.2, 0.25) is 5.88 Å². The van der Waals surface area contributed by atoms with E-state index in [1.807, 2.05) is 41.8 Å². The maximum atomic E-state index is 10.9. The third kappa shape index (κ3) is 5.13. The van der Waals surface area contributed by atoms with E-state index in [-0.39, 0.29) is 5.88 Å². The molecule has 8 heteroatoms. The average Bonchev–Trinajstić information content (AvgIpc) is 2.63. The summed E-state index contributed by atoms with van der Waals surface area (Å²) in [5, 5.41) is 8.94. The molecule has 0 atom stereocenters. The lowest BCUT2D eigenvalue weighted by Gasteiger charge is -2.10. The molecule has 2 rings (SSSR count). The topological polar surface area (TPSA) is 129 Å². The summed E-state index contributed by atoms with van der Waals surface area (Å²) < 4.78 is 15.9. The van der Waals surface area contributed by atoms with Crippen LogP contribution in [0.1, 0.15) is 0 Å². The van der Waals surface area contributed by atoms with Crippen molar-refractivity contribution < 1.29 is 24.1 Å². The Hall–Kier alpha value is -3.23. The monoisotopic (exact) mass is 359 g/mol. The van der Waals surface area contributed by atoms with Crippen molar-refractivity contribution in [1.82, 2.24) is 5.43 Å². The largest absolute Gasteiger partial charge is 0.491 e. The molecule has 0 aromatic heterocycles. The molecule has 0 spiro atoms. The Bertz CT molecular complexity index is 775. The lowest BCUT2D eigenvalue weighted by Crippen LogP contribution is -2.31. The number of carbonyl (C=O) groups is 1. The number of aliphatic carboxylic acids is 1. The highest BCUT2D eigenvalue weighted by Crippen LogP contribution is 2.26. The molecule has 0 aliphatic carbocycles. The zero-order chi connectivity index (χ0) is 18.9.